The van der Waals surface area contributed by atoms with Crippen LogP contribution in [-0.4, -0.2) is 39.4 Å². The second-order valence-corrected chi connectivity index (χ2v) is 4.56. The number of anilines is 1. The van der Waals surface area contributed by atoms with E-state index in [9.17, 15) is 9.90 Å². The Morgan fingerprint density at radius 3 is 2.90 bits per heavy atom. The van der Waals surface area contributed by atoms with Crippen LogP contribution in [-0.2, 0) is 7.05 Å². The van der Waals surface area contributed by atoms with Crippen LogP contribution in [0.5, 0.6) is 0 Å². The molecule has 0 saturated carbocycles. The Hall–Kier alpha value is -2.62. The van der Waals surface area contributed by atoms with E-state index in [-0.39, 0.29) is 5.56 Å². The highest BCUT2D eigenvalue weighted by Crippen LogP contribution is 2.31. The van der Waals surface area contributed by atoms with Gasteiger partial charge in [0.1, 0.15) is 5.56 Å². The smallest absolute Gasteiger partial charge is 0.339 e. The van der Waals surface area contributed by atoms with Gasteiger partial charge in [0.2, 0.25) is 0 Å². The maximum Gasteiger partial charge on any atom is 0.339 e. The van der Waals surface area contributed by atoms with Crippen LogP contribution in [0.15, 0.2) is 6.20 Å². The molecule has 0 atom stereocenters. The second-order valence-electron chi connectivity index (χ2n) is 4.56. The molecular formula is C13H15N5O2. The maximum atomic E-state index is 11.4. The third kappa shape index (κ3) is 2.16. The Morgan fingerprint density at radius 2 is 2.30 bits per heavy atom. The van der Waals surface area contributed by atoms with Gasteiger partial charge in [0.05, 0.1) is 29.3 Å². The first-order valence-electron chi connectivity index (χ1n) is 6.11. The third-order valence-electron chi connectivity index (χ3n) is 3.17. The van der Waals surface area contributed by atoms with Crippen LogP contribution in [0.4, 0.5) is 5.69 Å². The molecule has 2 aromatic rings. The minimum atomic E-state index is -1.04. The van der Waals surface area contributed by atoms with E-state index in [1.807, 2.05) is 6.92 Å². The number of pyridine rings is 1. The number of carboxylic acids is 1. The first-order valence-corrected chi connectivity index (χ1v) is 6.11. The van der Waals surface area contributed by atoms with Gasteiger partial charge in [-0.05, 0) is 6.92 Å². The zero-order chi connectivity index (χ0) is 14.9. The number of nitrogens with zero attached hydrogens (tertiary/aromatic N) is 5. The van der Waals surface area contributed by atoms with Crippen LogP contribution in [0.2, 0.25) is 0 Å². The van der Waals surface area contributed by atoms with E-state index in [0.29, 0.717) is 29.7 Å². The molecule has 0 aromatic carbocycles. The van der Waals surface area contributed by atoms with E-state index in [4.69, 9.17) is 5.26 Å². The van der Waals surface area contributed by atoms with Gasteiger partial charge in [0.15, 0.2) is 5.65 Å². The zero-order valence-electron chi connectivity index (χ0n) is 11.6. The number of carbonyl (C=O) groups is 1. The standard InChI is InChI=1S/C13H15N5O2/c1-8-10-11(17(2)6-4-5-14)9(13(19)20)7-15-12(10)18(3)16-8/h7H,4,6H2,1-3H3,(H,19,20). The van der Waals surface area contributed by atoms with Gasteiger partial charge in [-0.1, -0.05) is 0 Å². The molecule has 0 saturated heterocycles. The molecule has 2 rings (SSSR count). The molecule has 104 valence electrons. The highest BCUT2D eigenvalue weighted by Gasteiger charge is 2.21. The van der Waals surface area contributed by atoms with Crippen LogP contribution in [0.1, 0.15) is 22.5 Å². The van der Waals surface area contributed by atoms with Crippen molar-refractivity contribution in [1.29, 1.82) is 5.26 Å². The monoisotopic (exact) mass is 273 g/mol. The quantitative estimate of drug-likeness (QED) is 0.902. The number of aromatic nitrogens is 3. The molecule has 0 unspecified atom stereocenters. The van der Waals surface area contributed by atoms with Crippen molar-refractivity contribution in [2.45, 2.75) is 13.3 Å². The highest BCUT2D eigenvalue weighted by molar-refractivity contribution is 6.04. The summed E-state index contributed by atoms with van der Waals surface area (Å²) in [6.07, 6.45) is 1.66. The van der Waals surface area contributed by atoms with Crippen molar-refractivity contribution >= 4 is 22.7 Å². The molecule has 0 radical (unpaired) electrons. The normalized spacial score (nSPS) is 10.5. The third-order valence-corrected chi connectivity index (χ3v) is 3.17. The summed E-state index contributed by atoms with van der Waals surface area (Å²) in [6.45, 7) is 2.27. The van der Waals surface area contributed by atoms with Gasteiger partial charge >= 0.3 is 5.97 Å². The van der Waals surface area contributed by atoms with Crippen LogP contribution in [0, 0.1) is 18.3 Å². The Bertz CT molecular complexity index is 714. The summed E-state index contributed by atoms with van der Waals surface area (Å²) < 4.78 is 1.62. The molecule has 0 bridgehead atoms. The summed E-state index contributed by atoms with van der Waals surface area (Å²) in [7, 11) is 3.53. The molecule has 0 fully saturated rings. The van der Waals surface area contributed by atoms with E-state index in [1.165, 1.54) is 6.20 Å². The Morgan fingerprint density at radius 1 is 1.60 bits per heavy atom. The van der Waals surface area contributed by atoms with Gasteiger partial charge in [0.25, 0.3) is 0 Å². The summed E-state index contributed by atoms with van der Waals surface area (Å²) in [5.74, 6) is -1.04. The molecule has 0 spiro atoms. The second kappa shape index (κ2) is 5.17. The van der Waals surface area contributed by atoms with Crippen molar-refractivity contribution in [3.05, 3.63) is 17.5 Å². The van der Waals surface area contributed by atoms with E-state index >= 15 is 0 Å². The fourth-order valence-electron chi connectivity index (χ4n) is 2.28. The highest BCUT2D eigenvalue weighted by atomic mass is 16.4. The lowest BCUT2D eigenvalue weighted by molar-refractivity contribution is 0.0697. The lowest BCUT2D eigenvalue weighted by Gasteiger charge is -2.21. The number of rotatable bonds is 4. The Kier molecular flexibility index (Phi) is 3.57. The molecule has 2 aromatic heterocycles. The fraction of sp³-hybridized carbons (Fsp3) is 0.385. The first-order chi connectivity index (χ1) is 9.47. The summed E-state index contributed by atoms with van der Waals surface area (Å²) >= 11 is 0. The van der Waals surface area contributed by atoms with E-state index in [2.05, 4.69) is 16.2 Å². The first kappa shape index (κ1) is 13.8. The number of hydrogen-bond acceptors (Lipinski definition) is 5. The van der Waals surface area contributed by atoms with Crippen LogP contribution < -0.4 is 4.90 Å². The van der Waals surface area contributed by atoms with E-state index < -0.39 is 5.97 Å². The number of aryl methyl sites for hydroxylation is 2. The number of nitriles is 1. The molecule has 0 amide bonds. The number of fused-ring (bicyclic) bond motifs is 1. The minimum Gasteiger partial charge on any atom is -0.478 e. The molecule has 0 aliphatic rings. The van der Waals surface area contributed by atoms with Gasteiger partial charge in [-0.2, -0.15) is 10.4 Å². The van der Waals surface area contributed by atoms with E-state index in [0.717, 1.165) is 5.69 Å². The predicted molar refractivity (Wildman–Crippen MR) is 73.7 cm³/mol. The minimum absolute atomic E-state index is 0.119. The van der Waals surface area contributed by atoms with Crippen molar-refractivity contribution in [1.82, 2.24) is 14.8 Å². The van der Waals surface area contributed by atoms with Crippen molar-refractivity contribution in [3.63, 3.8) is 0 Å². The molecule has 0 aliphatic heterocycles. The average Bonchev–Trinajstić information content (AvgIpc) is 2.70. The average molecular weight is 273 g/mol. The van der Waals surface area contributed by atoms with Gasteiger partial charge < -0.3 is 10.0 Å². The number of carboxylic acid groups (broad SMARTS) is 1. The largest absolute Gasteiger partial charge is 0.478 e. The molecule has 7 nitrogen and oxygen atoms in total. The number of aromatic carboxylic acids is 1. The van der Waals surface area contributed by atoms with Gasteiger partial charge in [-0.25, -0.2) is 9.78 Å². The molecule has 7 heteroatoms. The Balaban J connectivity index is 2.72. The van der Waals surface area contributed by atoms with Crippen molar-refractivity contribution in [2.75, 3.05) is 18.5 Å². The molecular weight excluding hydrogens is 258 g/mol. The topological polar surface area (TPSA) is 95.0 Å². The van der Waals surface area contributed by atoms with Crippen LogP contribution >= 0.6 is 0 Å². The Labute approximate surface area is 116 Å². The summed E-state index contributed by atoms with van der Waals surface area (Å²) in [6, 6.07) is 2.06. The lowest BCUT2D eigenvalue weighted by atomic mass is 10.1. The van der Waals surface area contributed by atoms with Gasteiger partial charge in [-0.3, -0.25) is 4.68 Å². The van der Waals surface area contributed by atoms with E-state index in [1.54, 1.807) is 23.7 Å². The molecule has 1 N–H and O–H groups in total. The lowest BCUT2D eigenvalue weighted by Crippen LogP contribution is -2.21. The summed E-state index contributed by atoms with van der Waals surface area (Å²) in [4.78, 5) is 17.3. The predicted octanol–water partition coefficient (Wildman–Crippen LogP) is 1.32. The number of hydrogen-bond donors (Lipinski definition) is 1. The van der Waals surface area contributed by atoms with Crippen molar-refractivity contribution in [3.8, 4) is 6.07 Å². The summed E-state index contributed by atoms with van der Waals surface area (Å²) in [5.41, 5.74) is 2.03. The fourth-order valence-corrected chi connectivity index (χ4v) is 2.28. The van der Waals surface area contributed by atoms with Gasteiger partial charge in [0, 0.05) is 26.8 Å². The summed E-state index contributed by atoms with van der Waals surface area (Å²) in [5, 5.41) is 23.0. The molecule has 20 heavy (non-hydrogen) atoms. The van der Waals surface area contributed by atoms with Gasteiger partial charge in [-0.15, -0.1) is 0 Å². The molecule has 2 heterocycles. The van der Waals surface area contributed by atoms with Crippen LogP contribution in [0.25, 0.3) is 11.0 Å². The van der Waals surface area contributed by atoms with Crippen LogP contribution in [0.3, 0.4) is 0 Å². The SMILES string of the molecule is Cc1nn(C)c2ncc(C(=O)O)c(N(C)CCC#N)c12. The maximum absolute atomic E-state index is 11.4. The van der Waals surface area contributed by atoms with Crippen molar-refractivity contribution < 1.29 is 9.90 Å². The molecule has 0 aliphatic carbocycles. The van der Waals surface area contributed by atoms with Crippen molar-refractivity contribution in [2.24, 2.45) is 7.05 Å². The zero-order valence-corrected chi connectivity index (χ0v) is 11.6.